The Labute approximate surface area is 153 Å². The van der Waals surface area contributed by atoms with Crippen LogP contribution in [-0.4, -0.2) is 28.7 Å². The smallest absolute Gasteiger partial charge is 0.407 e. The van der Waals surface area contributed by atoms with E-state index in [4.69, 9.17) is 4.74 Å². The first-order valence-electron chi connectivity index (χ1n) is 8.23. The van der Waals surface area contributed by atoms with Gasteiger partial charge in [0.1, 0.15) is 11.6 Å². The van der Waals surface area contributed by atoms with Gasteiger partial charge in [0.2, 0.25) is 0 Å². The Hall–Kier alpha value is -2.08. The van der Waals surface area contributed by atoms with E-state index in [9.17, 15) is 14.3 Å². The summed E-state index contributed by atoms with van der Waals surface area (Å²) in [5.74, 6) is 0.101. The van der Waals surface area contributed by atoms with Crippen LogP contribution in [0.4, 0.5) is 9.18 Å². The predicted molar refractivity (Wildman–Crippen MR) is 94.3 cm³/mol. The van der Waals surface area contributed by atoms with Gasteiger partial charge in [0.05, 0.1) is 6.04 Å². The lowest BCUT2D eigenvalue weighted by molar-refractivity contribution is 0.00691. The molecule has 0 aliphatic carbocycles. The summed E-state index contributed by atoms with van der Waals surface area (Å²) >= 11 is 3.43. The molecule has 4 rings (SSSR count). The Morgan fingerprint density at radius 1 is 1.32 bits per heavy atom. The summed E-state index contributed by atoms with van der Waals surface area (Å²) < 4.78 is 20.8. The fourth-order valence-electron chi connectivity index (χ4n) is 4.08. The van der Waals surface area contributed by atoms with Crippen molar-refractivity contribution in [2.24, 2.45) is 0 Å². The number of amides is 1. The lowest BCUT2D eigenvalue weighted by Crippen LogP contribution is -2.52. The lowest BCUT2D eigenvalue weighted by atomic mass is 9.81. The second-order valence-electron chi connectivity index (χ2n) is 6.53. The van der Waals surface area contributed by atoms with Gasteiger partial charge in [-0.05, 0) is 24.5 Å². The molecule has 130 valence electrons. The molecule has 2 aromatic rings. The summed E-state index contributed by atoms with van der Waals surface area (Å²) in [6, 6.07) is 12.1. The minimum atomic E-state index is -0.942. The lowest BCUT2D eigenvalue weighted by Gasteiger charge is -2.39. The van der Waals surface area contributed by atoms with Gasteiger partial charge in [0.15, 0.2) is 5.60 Å². The minimum absolute atomic E-state index is 0.310. The molecule has 2 aliphatic rings. The second-order valence-corrected chi connectivity index (χ2v) is 7.39. The van der Waals surface area contributed by atoms with Crippen LogP contribution in [0.5, 0.6) is 5.75 Å². The number of benzene rings is 2. The van der Waals surface area contributed by atoms with E-state index in [2.05, 4.69) is 15.9 Å². The molecule has 25 heavy (non-hydrogen) atoms. The number of fused-ring (bicyclic) bond motifs is 1. The number of carboxylic acid groups (broad SMARTS) is 1. The van der Waals surface area contributed by atoms with Crippen LogP contribution in [0.25, 0.3) is 0 Å². The number of nitrogens with zero attached hydrogens (tertiary/aromatic N) is 1. The van der Waals surface area contributed by atoms with Crippen molar-refractivity contribution in [1.29, 1.82) is 0 Å². The van der Waals surface area contributed by atoms with E-state index >= 15 is 0 Å². The van der Waals surface area contributed by atoms with Crippen molar-refractivity contribution in [3.8, 4) is 5.75 Å². The molecule has 0 radical (unpaired) electrons. The molecule has 2 aliphatic heterocycles. The molecule has 0 aromatic heterocycles. The van der Waals surface area contributed by atoms with Crippen molar-refractivity contribution in [3.05, 3.63) is 63.9 Å². The van der Waals surface area contributed by atoms with Crippen molar-refractivity contribution in [1.82, 2.24) is 4.90 Å². The van der Waals surface area contributed by atoms with Crippen LogP contribution < -0.4 is 4.74 Å². The SMILES string of the molecule is O=C(O)N1CCC[C@H]1[C@@]1(c2ccccc2)Cc2c(Br)cc(F)cc2O1. The zero-order valence-corrected chi connectivity index (χ0v) is 15.0. The highest BCUT2D eigenvalue weighted by molar-refractivity contribution is 9.10. The van der Waals surface area contributed by atoms with Crippen molar-refractivity contribution in [2.45, 2.75) is 30.9 Å². The highest BCUT2D eigenvalue weighted by Crippen LogP contribution is 2.49. The Morgan fingerprint density at radius 3 is 2.80 bits per heavy atom. The summed E-state index contributed by atoms with van der Waals surface area (Å²) in [5, 5.41) is 9.62. The summed E-state index contributed by atoms with van der Waals surface area (Å²) in [5.41, 5.74) is 0.952. The predicted octanol–water partition coefficient (Wildman–Crippen LogP) is 4.56. The summed E-state index contributed by atoms with van der Waals surface area (Å²) in [6.07, 6.45) is 1.07. The quantitative estimate of drug-likeness (QED) is 0.796. The Kier molecular flexibility index (Phi) is 3.95. The van der Waals surface area contributed by atoms with Crippen molar-refractivity contribution >= 4 is 22.0 Å². The minimum Gasteiger partial charge on any atom is -0.480 e. The molecule has 1 N–H and O–H groups in total. The van der Waals surface area contributed by atoms with Gasteiger partial charge in [-0.25, -0.2) is 9.18 Å². The molecule has 6 heteroatoms. The third kappa shape index (κ3) is 2.59. The van der Waals surface area contributed by atoms with Crippen LogP contribution in [-0.2, 0) is 12.0 Å². The Morgan fingerprint density at radius 2 is 2.08 bits per heavy atom. The number of likely N-dealkylation sites (tertiary alicyclic amines) is 1. The first kappa shape index (κ1) is 16.4. The molecule has 1 saturated heterocycles. The molecule has 2 atom stereocenters. The van der Waals surface area contributed by atoms with E-state index < -0.39 is 11.7 Å². The second kappa shape index (κ2) is 6.02. The summed E-state index contributed by atoms with van der Waals surface area (Å²) in [4.78, 5) is 13.2. The normalized spacial score (nSPS) is 24.9. The largest absolute Gasteiger partial charge is 0.480 e. The van der Waals surface area contributed by atoms with Gasteiger partial charge in [-0.1, -0.05) is 46.3 Å². The van der Waals surface area contributed by atoms with Crippen LogP contribution in [0.3, 0.4) is 0 Å². The third-order valence-electron chi connectivity index (χ3n) is 5.15. The van der Waals surface area contributed by atoms with Gasteiger partial charge in [-0.3, -0.25) is 0 Å². The maximum atomic E-state index is 13.8. The van der Waals surface area contributed by atoms with Gasteiger partial charge in [-0.15, -0.1) is 0 Å². The summed E-state index contributed by atoms with van der Waals surface area (Å²) in [6.45, 7) is 0.490. The van der Waals surface area contributed by atoms with E-state index in [1.165, 1.54) is 17.0 Å². The van der Waals surface area contributed by atoms with Crippen LogP contribution >= 0.6 is 15.9 Å². The molecule has 4 nitrogen and oxygen atoms in total. The number of hydrogen-bond donors (Lipinski definition) is 1. The maximum absolute atomic E-state index is 13.8. The summed E-state index contributed by atoms with van der Waals surface area (Å²) in [7, 11) is 0. The van der Waals surface area contributed by atoms with Crippen molar-refractivity contribution < 1.29 is 19.0 Å². The zero-order chi connectivity index (χ0) is 17.6. The topological polar surface area (TPSA) is 49.8 Å². The fraction of sp³-hybridized carbons (Fsp3) is 0.316. The van der Waals surface area contributed by atoms with E-state index in [-0.39, 0.29) is 11.9 Å². The number of carbonyl (C=O) groups is 1. The van der Waals surface area contributed by atoms with Crippen LogP contribution in [0, 0.1) is 5.82 Å². The first-order chi connectivity index (χ1) is 12.0. The standard InChI is InChI=1S/C19H17BrFNO3/c20-15-9-13(21)10-16-14(15)11-19(25-16,12-5-2-1-3-6-12)17-7-4-8-22(17)18(23)24/h1-3,5-6,9-10,17H,4,7-8,11H2,(H,23,24)/t17-,19-/m0/s1. The van der Waals surface area contributed by atoms with E-state index in [0.29, 0.717) is 23.2 Å². The van der Waals surface area contributed by atoms with E-state index in [1.54, 1.807) is 0 Å². The number of ether oxygens (including phenoxy) is 1. The molecule has 2 heterocycles. The molecule has 0 spiro atoms. The van der Waals surface area contributed by atoms with Gasteiger partial charge < -0.3 is 14.7 Å². The van der Waals surface area contributed by atoms with Crippen molar-refractivity contribution in [3.63, 3.8) is 0 Å². The van der Waals surface area contributed by atoms with Crippen LogP contribution in [0.2, 0.25) is 0 Å². The van der Waals surface area contributed by atoms with Crippen LogP contribution in [0.15, 0.2) is 46.9 Å². The maximum Gasteiger partial charge on any atom is 0.407 e. The van der Waals surface area contributed by atoms with Gasteiger partial charge in [0, 0.05) is 29.1 Å². The monoisotopic (exact) mass is 405 g/mol. The van der Waals surface area contributed by atoms with Crippen LogP contribution in [0.1, 0.15) is 24.0 Å². The third-order valence-corrected chi connectivity index (χ3v) is 5.86. The molecule has 0 bridgehead atoms. The molecular formula is C19H17BrFNO3. The molecule has 1 amide bonds. The number of rotatable bonds is 2. The Bertz CT molecular complexity index is 829. The molecule has 0 saturated carbocycles. The van der Waals surface area contributed by atoms with Crippen molar-refractivity contribution in [2.75, 3.05) is 6.54 Å². The van der Waals surface area contributed by atoms with Gasteiger partial charge in [0.25, 0.3) is 0 Å². The molecule has 1 fully saturated rings. The number of hydrogen-bond acceptors (Lipinski definition) is 2. The number of halogens is 2. The fourth-order valence-corrected chi connectivity index (χ4v) is 4.63. The van der Waals surface area contributed by atoms with E-state index in [1.807, 2.05) is 30.3 Å². The molecule has 0 unspecified atom stereocenters. The molecular weight excluding hydrogens is 389 g/mol. The zero-order valence-electron chi connectivity index (χ0n) is 13.4. The average Bonchev–Trinajstić information content (AvgIpc) is 3.21. The highest BCUT2D eigenvalue weighted by atomic mass is 79.9. The first-order valence-corrected chi connectivity index (χ1v) is 9.02. The van der Waals surface area contributed by atoms with Gasteiger partial charge >= 0.3 is 6.09 Å². The van der Waals surface area contributed by atoms with Gasteiger partial charge in [-0.2, -0.15) is 0 Å². The Balaban J connectivity index is 1.85. The average molecular weight is 406 g/mol. The van der Waals surface area contributed by atoms with E-state index in [0.717, 1.165) is 24.0 Å². The molecule has 2 aromatic carbocycles. The highest BCUT2D eigenvalue weighted by Gasteiger charge is 2.53.